The molecule has 0 amide bonds. The number of nitrogens with zero attached hydrogens (tertiary/aromatic N) is 1. The molecule has 0 aromatic heterocycles. The summed E-state index contributed by atoms with van der Waals surface area (Å²) >= 11 is 3.30. The second-order valence-corrected chi connectivity index (χ2v) is 8.97. The van der Waals surface area contributed by atoms with Crippen LogP contribution in [-0.4, -0.2) is 49.1 Å². The molecule has 1 heterocycles. The maximum absolute atomic E-state index is 12.6. The van der Waals surface area contributed by atoms with Gasteiger partial charge < -0.3 is 10.4 Å². The molecule has 1 saturated heterocycles. The van der Waals surface area contributed by atoms with Crippen molar-refractivity contribution in [1.29, 1.82) is 0 Å². The van der Waals surface area contributed by atoms with Crippen LogP contribution < -0.4 is 5.32 Å². The SMILES string of the molecule is CC(C)NCC1(O)CCN(S(=O)(=O)c2ccc(Br)cc2)CC1. The van der Waals surface area contributed by atoms with E-state index >= 15 is 0 Å². The summed E-state index contributed by atoms with van der Waals surface area (Å²) in [5.41, 5.74) is -0.823. The zero-order valence-electron chi connectivity index (χ0n) is 12.9. The van der Waals surface area contributed by atoms with Crippen LogP contribution in [0.5, 0.6) is 0 Å². The molecule has 0 bridgehead atoms. The first-order valence-corrected chi connectivity index (χ1v) is 9.68. The summed E-state index contributed by atoms with van der Waals surface area (Å²) in [5, 5.41) is 13.7. The van der Waals surface area contributed by atoms with Crippen molar-refractivity contribution in [3.05, 3.63) is 28.7 Å². The molecule has 2 rings (SSSR count). The molecule has 1 fully saturated rings. The second-order valence-electron chi connectivity index (χ2n) is 6.12. The van der Waals surface area contributed by atoms with Gasteiger partial charge >= 0.3 is 0 Å². The van der Waals surface area contributed by atoms with Crippen LogP contribution in [0, 0.1) is 0 Å². The lowest BCUT2D eigenvalue weighted by Crippen LogP contribution is -2.52. The number of piperidine rings is 1. The molecule has 0 atom stereocenters. The van der Waals surface area contributed by atoms with E-state index in [0.717, 1.165) is 4.47 Å². The molecule has 2 N–H and O–H groups in total. The lowest BCUT2D eigenvalue weighted by molar-refractivity contribution is -0.00523. The smallest absolute Gasteiger partial charge is 0.243 e. The second kappa shape index (κ2) is 6.97. The number of halogens is 1. The molecule has 7 heteroatoms. The molecule has 1 aliphatic heterocycles. The number of nitrogens with one attached hydrogen (secondary N) is 1. The molecule has 5 nitrogen and oxygen atoms in total. The Bertz CT molecular complexity index is 594. The molecule has 22 heavy (non-hydrogen) atoms. The first-order chi connectivity index (χ1) is 10.2. The summed E-state index contributed by atoms with van der Waals surface area (Å²) in [5.74, 6) is 0. The van der Waals surface area contributed by atoms with E-state index in [4.69, 9.17) is 0 Å². The standard InChI is InChI=1S/C15H23BrN2O3S/c1-12(2)17-11-15(19)7-9-18(10-8-15)22(20,21)14-5-3-13(16)4-6-14/h3-6,12,17,19H,7-11H2,1-2H3. The van der Waals surface area contributed by atoms with Crippen molar-refractivity contribution in [2.75, 3.05) is 19.6 Å². The van der Waals surface area contributed by atoms with Crippen LogP contribution in [-0.2, 0) is 10.0 Å². The molecule has 1 aliphatic rings. The van der Waals surface area contributed by atoms with Crippen LogP contribution in [0.4, 0.5) is 0 Å². The van der Waals surface area contributed by atoms with Gasteiger partial charge in [0, 0.05) is 30.1 Å². The Morgan fingerprint density at radius 2 is 1.82 bits per heavy atom. The molecule has 1 aromatic rings. The van der Waals surface area contributed by atoms with Crippen LogP contribution in [0.15, 0.2) is 33.6 Å². The van der Waals surface area contributed by atoms with Crippen LogP contribution in [0.3, 0.4) is 0 Å². The van der Waals surface area contributed by atoms with Crippen LogP contribution in [0.2, 0.25) is 0 Å². The molecule has 0 aliphatic carbocycles. The van der Waals surface area contributed by atoms with Gasteiger partial charge in [0.25, 0.3) is 0 Å². The van der Waals surface area contributed by atoms with Gasteiger partial charge in [-0.25, -0.2) is 8.42 Å². The Hall–Kier alpha value is -0.470. The summed E-state index contributed by atoms with van der Waals surface area (Å²) in [6.45, 7) is 5.23. The number of sulfonamides is 1. The van der Waals surface area contributed by atoms with E-state index in [9.17, 15) is 13.5 Å². The predicted octanol–water partition coefficient (Wildman–Crippen LogP) is 1.96. The third kappa shape index (κ3) is 4.29. The predicted molar refractivity (Wildman–Crippen MR) is 90.2 cm³/mol. The average Bonchev–Trinajstić information content (AvgIpc) is 2.46. The van der Waals surface area contributed by atoms with E-state index < -0.39 is 15.6 Å². The number of rotatable bonds is 5. The zero-order chi connectivity index (χ0) is 16.4. The first kappa shape index (κ1) is 17.9. The van der Waals surface area contributed by atoms with E-state index in [1.54, 1.807) is 24.3 Å². The number of benzene rings is 1. The molecule has 0 radical (unpaired) electrons. The first-order valence-electron chi connectivity index (χ1n) is 7.44. The van der Waals surface area contributed by atoms with Gasteiger partial charge in [-0.3, -0.25) is 0 Å². The van der Waals surface area contributed by atoms with E-state index in [0.29, 0.717) is 43.4 Å². The van der Waals surface area contributed by atoms with Crippen molar-refractivity contribution in [3.8, 4) is 0 Å². The van der Waals surface area contributed by atoms with E-state index in [1.165, 1.54) is 4.31 Å². The van der Waals surface area contributed by atoms with Crippen LogP contribution in [0.1, 0.15) is 26.7 Å². The van der Waals surface area contributed by atoms with Gasteiger partial charge in [-0.05, 0) is 37.1 Å². The molecule has 0 saturated carbocycles. The fourth-order valence-corrected chi connectivity index (χ4v) is 4.18. The molecule has 1 aromatic carbocycles. The molecule has 124 valence electrons. The lowest BCUT2D eigenvalue weighted by Gasteiger charge is -2.38. The summed E-state index contributed by atoms with van der Waals surface area (Å²) in [7, 11) is -3.48. The third-order valence-corrected chi connectivity index (χ3v) is 6.39. The monoisotopic (exact) mass is 390 g/mol. The molecular weight excluding hydrogens is 368 g/mol. The van der Waals surface area contributed by atoms with Crippen LogP contribution >= 0.6 is 15.9 Å². The van der Waals surface area contributed by atoms with Gasteiger partial charge in [0.15, 0.2) is 0 Å². The molecule has 0 spiro atoms. The van der Waals surface area contributed by atoms with E-state index in [2.05, 4.69) is 21.2 Å². The van der Waals surface area contributed by atoms with Gasteiger partial charge in [-0.15, -0.1) is 0 Å². The Balaban J connectivity index is 2.03. The zero-order valence-corrected chi connectivity index (χ0v) is 15.3. The van der Waals surface area contributed by atoms with Gasteiger partial charge in [0.1, 0.15) is 0 Å². The highest BCUT2D eigenvalue weighted by Crippen LogP contribution is 2.27. The summed E-state index contributed by atoms with van der Waals surface area (Å²) < 4.78 is 27.5. The Morgan fingerprint density at radius 1 is 1.27 bits per heavy atom. The summed E-state index contributed by atoms with van der Waals surface area (Å²) in [4.78, 5) is 0.293. The van der Waals surface area contributed by atoms with Crippen molar-refractivity contribution in [3.63, 3.8) is 0 Å². The number of hydrogen-bond acceptors (Lipinski definition) is 4. The van der Waals surface area contributed by atoms with Gasteiger partial charge in [0.05, 0.1) is 10.5 Å². The minimum absolute atomic E-state index is 0.293. The van der Waals surface area contributed by atoms with Crippen molar-refractivity contribution >= 4 is 26.0 Å². The molecule has 0 unspecified atom stereocenters. The van der Waals surface area contributed by atoms with Gasteiger partial charge in [-0.1, -0.05) is 29.8 Å². The normalized spacial score (nSPS) is 19.5. The van der Waals surface area contributed by atoms with E-state index in [-0.39, 0.29) is 0 Å². The minimum atomic E-state index is -3.48. The maximum Gasteiger partial charge on any atom is 0.243 e. The van der Waals surface area contributed by atoms with Crippen molar-refractivity contribution in [2.24, 2.45) is 0 Å². The molecular formula is C15H23BrN2O3S. The Kier molecular flexibility index (Phi) is 5.66. The topological polar surface area (TPSA) is 69.6 Å². The third-order valence-electron chi connectivity index (χ3n) is 3.94. The Labute approximate surface area is 140 Å². The Morgan fingerprint density at radius 3 is 2.32 bits per heavy atom. The fourth-order valence-electron chi connectivity index (χ4n) is 2.47. The quantitative estimate of drug-likeness (QED) is 0.805. The van der Waals surface area contributed by atoms with Crippen molar-refractivity contribution < 1.29 is 13.5 Å². The van der Waals surface area contributed by atoms with Gasteiger partial charge in [-0.2, -0.15) is 4.31 Å². The highest BCUT2D eigenvalue weighted by atomic mass is 79.9. The highest BCUT2D eigenvalue weighted by molar-refractivity contribution is 9.10. The van der Waals surface area contributed by atoms with E-state index in [1.807, 2.05) is 13.8 Å². The summed E-state index contributed by atoms with van der Waals surface area (Å²) in [6, 6.07) is 6.94. The summed E-state index contributed by atoms with van der Waals surface area (Å²) in [6.07, 6.45) is 0.894. The lowest BCUT2D eigenvalue weighted by atomic mass is 9.92. The largest absolute Gasteiger partial charge is 0.388 e. The fraction of sp³-hybridized carbons (Fsp3) is 0.600. The minimum Gasteiger partial charge on any atom is -0.388 e. The van der Waals surface area contributed by atoms with Gasteiger partial charge in [0.2, 0.25) is 10.0 Å². The van der Waals surface area contributed by atoms with Crippen LogP contribution in [0.25, 0.3) is 0 Å². The highest BCUT2D eigenvalue weighted by Gasteiger charge is 2.36. The number of aliphatic hydroxyl groups is 1. The number of hydrogen-bond donors (Lipinski definition) is 2. The average molecular weight is 391 g/mol. The van der Waals surface area contributed by atoms with Crippen molar-refractivity contribution in [2.45, 2.75) is 43.2 Å². The van der Waals surface area contributed by atoms with Crippen molar-refractivity contribution in [1.82, 2.24) is 9.62 Å². The maximum atomic E-state index is 12.6.